The summed E-state index contributed by atoms with van der Waals surface area (Å²) in [7, 11) is 0. The van der Waals surface area contributed by atoms with Crippen molar-refractivity contribution in [2.24, 2.45) is 0 Å². The van der Waals surface area contributed by atoms with Crippen molar-refractivity contribution in [1.82, 2.24) is 10.2 Å². The van der Waals surface area contributed by atoms with Gasteiger partial charge in [-0.25, -0.2) is 0 Å². The lowest BCUT2D eigenvalue weighted by atomic mass is 10.0. The van der Waals surface area contributed by atoms with Crippen LogP contribution in [0.5, 0.6) is 5.75 Å². The maximum absolute atomic E-state index is 12.3. The number of ether oxygens (including phenoxy) is 1. The monoisotopic (exact) mass is 352 g/mol. The fourth-order valence-electron chi connectivity index (χ4n) is 2.75. The molecule has 2 amide bonds. The molecule has 0 radical (unpaired) electrons. The lowest BCUT2D eigenvalue weighted by Gasteiger charge is -2.33. The number of piperidine rings is 1. The van der Waals surface area contributed by atoms with Gasteiger partial charge in [-0.1, -0.05) is 18.5 Å². The molecule has 1 aliphatic rings. The number of nitrogens with one attached hydrogen (secondary N) is 1. The highest BCUT2D eigenvalue weighted by atomic mass is 35.5. The quantitative estimate of drug-likeness (QED) is 0.767. The maximum Gasteiger partial charge on any atom is 0.222 e. The van der Waals surface area contributed by atoms with E-state index in [-0.39, 0.29) is 17.9 Å². The summed E-state index contributed by atoms with van der Waals surface area (Å²) in [4.78, 5) is 25.6. The number of benzene rings is 1. The number of amides is 2. The molecule has 5 nitrogen and oxygen atoms in total. The number of carbonyl (C=O) groups excluding carboxylic acids is 2. The van der Waals surface area contributed by atoms with E-state index in [9.17, 15) is 9.59 Å². The fourth-order valence-corrected chi connectivity index (χ4v) is 2.88. The van der Waals surface area contributed by atoms with Crippen molar-refractivity contribution in [2.45, 2.75) is 45.1 Å². The normalized spacial score (nSPS) is 17.4. The van der Waals surface area contributed by atoms with Crippen LogP contribution in [0.4, 0.5) is 0 Å². The van der Waals surface area contributed by atoms with E-state index in [0.717, 1.165) is 25.1 Å². The molecule has 1 fully saturated rings. The van der Waals surface area contributed by atoms with E-state index in [0.29, 0.717) is 37.4 Å². The summed E-state index contributed by atoms with van der Waals surface area (Å²) in [6.45, 7) is 3.72. The van der Waals surface area contributed by atoms with Crippen LogP contribution in [0.15, 0.2) is 24.3 Å². The van der Waals surface area contributed by atoms with Gasteiger partial charge in [0.25, 0.3) is 0 Å². The largest absolute Gasteiger partial charge is 0.494 e. The molecule has 0 aromatic heterocycles. The Morgan fingerprint density at radius 1 is 1.33 bits per heavy atom. The van der Waals surface area contributed by atoms with Crippen molar-refractivity contribution in [3.63, 3.8) is 0 Å². The smallest absolute Gasteiger partial charge is 0.222 e. The molecule has 24 heavy (non-hydrogen) atoms. The average molecular weight is 353 g/mol. The van der Waals surface area contributed by atoms with Crippen molar-refractivity contribution in [1.29, 1.82) is 0 Å². The summed E-state index contributed by atoms with van der Waals surface area (Å²) in [6, 6.07) is 7.27. The van der Waals surface area contributed by atoms with Gasteiger partial charge in [0.1, 0.15) is 5.75 Å². The molecule has 1 unspecified atom stereocenters. The predicted octanol–water partition coefficient (Wildman–Crippen LogP) is 3.02. The molecule has 0 aliphatic carbocycles. The van der Waals surface area contributed by atoms with Crippen LogP contribution >= 0.6 is 11.6 Å². The van der Waals surface area contributed by atoms with E-state index >= 15 is 0 Å². The second kappa shape index (κ2) is 9.52. The van der Waals surface area contributed by atoms with Gasteiger partial charge in [0.05, 0.1) is 6.61 Å². The number of hydrogen-bond donors (Lipinski definition) is 1. The Bertz CT molecular complexity index is 548. The predicted molar refractivity (Wildman–Crippen MR) is 94.2 cm³/mol. The van der Waals surface area contributed by atoms with Crippen LogP contribution in [0.1, 0.15) is 39.0 Å². The van der Waals surface area contributed by atoms with Crippen molar-refractivity contribution < 1.29 is 14.3 Å². The van der Waals surface area contributed by atoms with Crippen LogP contribution in [-0.4, -0.2) is 42.5 Å². The summed E-state index contributed by atoms with van der Waals surface area (Å²) in [5, 5.41) is 3.65. The Labute approximate surface area is 148 Å². The topological polar surface area (TPSA) is 58.6 Å². The fraction of sp³-hybridized carbons (Fsp3) is 0.556. The van der Waals surface area contributed by atoms with Crippen LogP contribution in [0, 0.1) is 0 Å². The third-order valence-corrected chi connectivity index (χ3v) is 4.33. The zero-order chi connectivity index (χ0) is 17.4. The number of likely N-dealkylation sites (tertiary alicyclic amines) is 1. The van der Waals surface area contributed by atoms with E-state index in [1.807, 2.05) is 24.0 Å². The molecule has 1 aromatic rings. The van der Waals surface area contributed by atoms with Crippen molar-refractivity contribution >= 4 is 23.4 Å². The lowest BCUT2D eigenvalue weighted by Crippen LogP contribution is -2.49. The number of halogens is 1. The lowest BCUT2D eigenvalue weighted by molar-refractivity contribution is -0.133. The van der Waals surface area contributed by atoms with Crippen molar-refractivity contribution in [3.05, 3.63) is 29.3 Å². The minimum absolute atomic E-state index is 0.0469. The third kappa shape index (κ3) is 6.04. The van der Waals surface area contributed by atoms with Crippen LogP contribution in [0.25, 0.3) is 0 Å². The first-order valence-electron chi connectivity index (χ1n) is 8.54. The SMILES string of the molecule is CCC(=O)NC1CCCN(C(=O)CCCOc2ccc(Cl)cc2)C1. The first-order valence-corrected chi connectivity index (χ1v) is 8.91. The van der Waals surface area contributed by atoms with Crippen LogP contribution in [0.2, 0.25) is 5.02 Å². The number of carbonyl (C=O) groups is 2. The maximum atomic E-state index is 12.3. The summed E-state index contributed by atoms with van der Waals surface area (Å²) < 4.78 is 5.60. The summed E-state index contributed by atoms with van der Waals surface area (Å²) in [6.07, 6.45) is 3.48. The molecule has 1 aromatic carbocycles. The Morgan fingerprint density at radius 2 is 2.08 bits per heavy atom. The van der Waals surface area contributed by atoms with Crippen molar-refractivity contribution in [2.75, 3.05) is 19.7 Å². The Morgan fingerprint density at radius 3 is 2.79 bits per heavy atom. The Kier molecular flexibility index (Phi) is 7.37. The minimum Gasteiger partial charge on any atom is -0.494 e. The first kappa shape index (κ1) is 18.6. The zero-order valence-electron chi connectivity index (χ0n) is 14.1. The molecule has 0 spiro atoms. The highest BCUT2D eigenvalue weighted by Gasteiger charge is 2.24. The molecule has 2 rings (SSSR count). The zero-order valence-corrected chi connectivity index (χ0v) is 14.8. The van der Waals surface area contributed by atoms with Gasteiger partial charge in [0, 0.05) is 37.0 Å². The first-order chi connectivity index (χ1) is 11.6. The minimum atomic E-state index is 0.0469. The van der Waals surface area contributed by atoms with E-state index < -0.39 is 0 Å². The van der Waals surface area contributed by atoms with Gasteiger partial charge >= 0.3 is 0 Å². The van der Waals surface area contributed by atoms with Crippen LogP contribution in [0.3, 0.4) is 0 Å². The summed E-state index contributed by atoms with van der Waals surface area (Å²) in [5.74, 6) is 0.933. The van der Waals surface area contributed by atoms with E-state index in [1.54, 1.807) is 12.1 Å². The van der Waals surface area contributed by atoms with Gasteiger partial charge < -0.3 is 15.0 Å². The van der Waals surface area contributed by atoms with E-state index in [4.69, 9.17) is 16.3 Å². The Balaban J connectivity index is 1.68. The van der Waals surface area contributed by atoms with Gasteiger partial charge in [-0.05, 0) is 43.5 Å². The second-order valence-corrected chi connectivity index (χ2v) is 6.44. The molecule has 1 N–H and O–H groups in total. The van der Waals surface area contributed by atoms with E-state index in [2.05, 4.69) is 5.32 Å². The molecule has 6 heteroatoms. The van der Waals surface area contributed by atoms with Gasteiger partial charge in [-0.2, -0.15) is 0 Å². The molecule has 1 atom stereocenters. The molecule has 0 saturated carbocycles. The second-order valence-electron chi connectivity index (χ2n) is 6.01. The highest BCUT2D eigenvalue weighted by molar-refractivity contribution is 6.30. The van der Waals surface area contributed by atoms with Crippen molar-refractivity contribution in [3.8, 4) is 5.75 Å². The molecule has 1 heterocycles. The molecule has 0 bridgehead atoms. The number of hydrogen-bond acceptors (Lipinski definition) is 3. The molecule has 1 aliphatic heterocycles. The van der Waals surface area contributed by atoms with Gasteiger partial charge in [0.15, 0.2) is 0 Å². The molecular weight excluding hydrogens is 328 g/mol. The standard InChI is InChI=1S/C18H25ClN2O3/c1-2-17(22)20-15-5-3-11-21(13-15)18(23)6-4-12-24-16-9-7-14(19)8-10-16/h7-10,15H,2-6,11-13H2,1H3,(H,20,22). The van der Waals surface area contributed by atoms with E-state index in [1.165, 1.54) is 0 Å². The van der Waals surface area contributed by atoms with Gasteiger partial charge in [0.2, 0.25) is 11.8 Å². The number of nitrogens with zero attached hydrogens (tertiary/aromatic N) is 1. The highest BCUT2D eigenvalue weighted by Crippen LogP contribution is 2.16. The van der Waals surface area contributed by atoms with Gasteiger partial charge in [-0.3, -0.25) is 9.59 Å². The third-order valence-electron chi connectivity index (χ3n) is 4.08. The Hall–Kier alpha value is -1.75. The molecule has 132 valence electrons. The van der Waals surface area contributed by atoms with Crippen LogP contribution in [-0.2, 0) is 9.59 Å². The molecular formula is C18H25ClN2O3. The summed E-state index contributed by atoms with van der Waals surface area (Å²) in [5.41, 5.74) is 0. The number of rotatable bonds is 7. The summed E-state index contributed by atoms with van der Waals surface area (Å²) >= 11 is 5.82. The molecule has 1 saturated heterocycles. The average Bonchev–Trinajstić information content (AvgIpc) is 2.60. The van der Waals surface area contributed by atoms with Gasteiger partial charge in [-0.15, -0.1) is 0 Å². The van der Waals surface area contributed by atoms with Crippen LogP contribution < -0.4 is 10.1 Å².